The van der Waals surface area contributed by atoms with Crippen LogP contribution < -0.4 is 14.4 Å². The molecule has 35 heavy (non-hydrogen) atoms. The lowest BCUT2D eigenvalue weighted by Crippen LogP contribution is -3.20. The molecule has 0 aliphatic carbocycles. The van der Waals surface area contributed by atoms with Crippen LogP contribution in [0.4, 0.5) is 0 Å². The summed E-state index contributed by atoms with van der Waals surface area (Å²) in [6.45, 7) is 6.95. The fourth-order valence-electron chi connectivity index (χ4n) is 6.56. The van der Waals surface area contributed by atoms with Crippen LogP contribution in [0.2, 0.25) is 0 Å². The van der Waals surface area contributed by atoms with Gasteiger partial charge < -0.3 is 14.4 Å². The van der Waals surface area contributed by atoms with E-state index < -0.39 is 0 Å². The average Bonchev–Trinajstić information content (AvgIpc) is 2.91. The standard InChI is InChI=1S/C30H33N3O2/c1-4-20-18-33-14-12-21(20)16-28(33)30(24-11-13-31-26-10-9-22(34-3)17-25(24)26)35-29-15-19(2)23-7-5-6-8-27(23)32-29/h5-11,13,15,17,20-21,28,30H,4,12,14,16,18H2,1-3H3/p+1/t20-,21-,28+,30-/m1/s1. The second kappa shape index (κ2) is 9.12. The van der Waals surface area contributed by atoms with E-state index >= 15 is 0 Å². The van der Waals surface area contributed by atoms with Crippen LogP contribution in [-0.4, -0.2) is 36.2 Å². The topological polar surface area (TPSA) is 48.7 Å². The van der Waals surface area contributed by atoms with Crippen molar-refractivity contribution < 1.29 is 14.4 Å². The smallest absolute Gasteiger partial charge is 0.214 e. The van der Waals surface area contributed by atoms with Gasteiger partial charge in [-0.1, -0.05) is 25.1 Å². The Bertz CT molecular complexity index is 1370. The van der Waals surface area contributed by atoms with Crippen molar-refractivity contribution >= 4 is 21.8 Å². The molecule has 0 radical (unpaired) electrons. The molecular formula is C30H34N3O2+. The maximum Gasteiger partial charge on any atom is 0.214 e. The van der Waals surface area contributed by atoms with Crippen molar-refractivity contribution in [3.8, 4) is 11.6 Å². The summed E-state index contributed by atoms with van der Waals surface area (Å²) < 4.78 is 12.5. The Morgan fingerprint density at radius 2 is 1.94 bits per heavy atom. The molecule has 0 amide bonds. The van der Waals surface area contributed by atoms with Crippen LogP contribution in [0.5, 0.6) is 11.6 Å². The van der Waals surface area contributed by atoms with Crippen LogP contribution in [-0.2, 0) is 0 Å². The van der Waals surface area contributed by atoms with E-state index in [-0.39, 0.29) is 6.10 Å². The Labute approximate surface area is 207 Å². The molecule has 0 saturated carbocycles. The van der Waals surface area contributed by atoms with Crippen LogP contribution in [0, 0.1) is 18.8 Å². The summed E-state index contributed by atoms with van der Waals surface area (Å²) in [5.41, 5.74) is 4.32. The largest absolute Gasteiger partial charge is 0.497 e. The second-order valence-corrected chi connectivity index (χ2v) is 10.3. The zero-order valence-electron chi connectivity index (χ0n) is 20.8. The lowest BCUT2D eigenvalue weighted by molar-refractivity contribution is -0.950. The molecule has 0 spiro atoms. The van der Waals surface area contributed by atoms with E-state index in [1.807, 2.05) is 24.4 Å². The first kappa shape index (κ1) is 22.3. The average molecular weight is 469 g/mol. The molecule has 2 bridgehead atoms. The lowest BCUT2D eigenvalue weighted by atomic mass is 9.72. The van der Waals surface area contributed by atoms with E-state index in [9.17, 15) is 0 Å². The predicted molar refractivity (Wildman–Crippen MR) is 139 cm³/mol. The minimum atomic E-state index is -0.101. The molecule has 5 heteroatoms. The number of fused-ring (bicyclic) bond motifs is 5. The van der Waals surface area contributed by atoms with Crippen molar-refractivity contribution in [3.63, 3.8) is 0 Å². The molecule has 1 N–H and O–H groups in total. The highest BCUT2D eigenvalue weighted by Gasteiger charge is 2.47. The third-order valence-electron chi connectivity index (χ3n) is 8.43. The van der Waals surface area contributed by atoms with Crippen LogP contribution in [0.15, 0.2) is 60.8 Å². The molecule has 4 aromatic rings. The number of methoxy groups -OCH3 is 1. The molecule has 3 aliphatic rings. The SMILES string of the molecule is CC[C@@H]1C[NH+]2CC[C@@H]1C[C@H]2[C@H](Oc1cc(C)c2ccccc2n1)c1ccnc2ccc(OC)cc12. The van der Waals surface area contributed by atoms with E-state index in [0.717, 1.165) is 34.0 Å². The molecule has 5 atom stereocenters. The number of aromatic nitrogens is 2. The summed E-state index contributed by atoms with van der Waals surface area (Å²) >= 11 is 0. The van der Waals surface area contributed by atoms with Crippen molar-refractivity contribution in [1.82, 2.24) is 9.97 Å². The van der Waals surface area contributed by atoms with Crippen molar-refractivity contribution in [2.75, 3.05) is 20.2 Å². The highest BCUT2D eigenvalue weighted by atomic mass is 16.5. The third-order valence-corrected chi connectivity index (χ3v) is 8.43. The number of para-hydroxylation sites is 1. The molecular weight excluding hydrogens is 434 g/mol. The monoisotopic (exact) mass is 468 g/mol. The minimum Gasteiger partial charge on any atom is -0.497 e. The first-order chi connectivity index (χ1) is 17.1. The number of hydrogen-bond acceptors (Lipinski definition) is 4. The number of rotatable bonds is 6. The van der Waals surface area contributed by atoms with E-state index in [1.165, 1.54) is 48.9 Å². The molecule has 2 aromatic carbocycles. The van der Waals surface area contributed by atoms with Crippen molar-refractivity contribution in [2.45, 2.75) is 45.3 Å². The molecule has 180 valence electrons. The number of piperidine rings is 3. The third kappa shape index (κ3) is 4.02. The zero-order valence-corrected chi connectivity index (χ0v) is 20.8. The molecule has 5 heterocycles. The number of ether oxygens (including phenoxy) is 2. The van der Waals surface area contributed by atoms with Gasteiger partial charge in [0.1, 0.15) is 11.8 Å². The number of nitrogens with one attached hydrogen (secondary N) is 1. The Balaban J connectivity index is 1.46. The van der Waals surface area contributed by atoms with Gasteiger partial charge in [-0.3, -0.25) is 4.98 Å². The Hall–Kier alpha value is -3.18. The number of pyridine rings is 2. The maximum atomic E-state index is 6.93. The van der Waals surface area contributed by atoms with Gasteiger partial charge in [0.15, 0.2) is 6.10 Å². The molecule has 3 fully saturated rings. The molecule has 5 nitrogen and oxygen atoms in total. The number of nitrogens with zero attached hydrogens (tertiary/aromatic N) is 2. The van der Waals surface area contributed by atoms with Crippen molar-refractivity contribution in [3.05, 3.63) is 71.9 Å². The summed E-state index contributed by atoms with van der Waals surface area (Å²) in [4.78, 5) is 11.3. The highest BCUT2D eigenvalue weighted by molar-refractivity contribution is 5.84. The van der Waals surface area contributed by atoms with Crippen LogP contribution >= 0.6 is 0 Å². The van der Waals surface area contributed by atoms with E-state index in [0.29, 0.717) is 11.9 Å². The van der Waals surface area contributed by atoms with Crippen molar-refractivity contribution in [2.24, 2.45) is 11.8 Å². The number of aryl methyl sites for hydroxylation is 1. The normalized spacial score (nSPS) is 24.5. The van der Waals surface area contributed by atoms with Gasteiger partial charge in [-0.2, -0.15) is 0 Å². The van der Waals surface area contributed by atoms with Gasteiger partial charge in [-0.05, 0) is 55.2 Å². The number of hydrogen-bond donors (Lipinski definition) is 1. The van der Waals surface area contributed by atoms with E-state index in [2.05, 4.69) is 55.2 Å². The molecule has 3 aliphatic heterocycles. The predicted octanol–water partition coefficient (Wildman–Crippen LogP) is 4.92. The zero-order chi connectivity index (χ0) is 23.9. The quantitative estimate of drug-likeness (QED) is 0.436. The molecule has 1 unspecified atom stereocenters. The van der Waals surface area contributed by atoms with Gasteiger partial charge in [0.25, 0.3) is 0 Å². The maximum absolute atomic E-state index is 6.93. The van der Waals surface area contributed by atoms with Crippen LogP contribution in [0.3, 0.4) is 0 Å². The molecule has 7 rings (SSSR count). The van der Waals surface area contributed by atoms with Crippen LogP contribution in [0.25, 0.3) is 21.8 Å². The lowest BCUT2D eigenvalue weighted by Gasteiger charge is -2.48. The van der Waals surface area contributed by atoms with Gasteiger partial charge in [0.05, 0.1) is 31.2 Å². The summed E-state index contributed by atoms with van der Waals surface area (Å²) in [6.07, 6.45) is 5.61. The van der Waals surface area contributed by atoms with E-state index in [1.54, 1.807) is 12.0 Å². The summed E-state index contributed by atoms with van der Waals surface area (Å²) in [7, 11) is 1.72. The Morgan fingerprint density at radius 3 is 2.74 bits per heavy atom. The fraction of sp³-hybridized carbons (Fsp3) is 0.400. The Morgan fingerprint density at radius 1 is 1.06 bits per heavy atom. The highest BCUT2D eigenvalue weighted by Crippen LogP contribution is 2.38. The van der Waals surface area contributed by atoms with Gasteiger partial charge in [-0.15, -0.1) is 0 Å². The summed E-state index contributed by atoms with van der Waals surface area (Å²) in [5.74, 6) is 3.15. The van der Waals surface area contributed by atoms with Crippen LogP contribution in [0.1, 0.15) is 43.4 Å². The fourth-order valence-corrected chi connectivity index (χ4v) is 6.56. The Kier molecular flexibility index (Phi) is 5.81. The van der Waals surface area contributed by atoms with Gasteiger partial charge in [0, 0.05) is 47.4 Å². The molecule has 3 saturated heterocycles. The summed E-state index contributed by atoms with van der Waals surface area (Å²) in [6, 6.07) is 19.1. The van der Waals surface area contributed by atoms with Gasteiger partial charge in [0.2, 0.25) is 5.88 Å². The second-order valence-electron chi connectivity index (χ2n) is 10.3. The summed E-state index contributed by atoms with van der Waals surface area (Å²) in [5, 5.41) is 2.27. The van der Waals surface area contributed by atoms with Gasteiger partial charge in [-0.25, -0.2) is 4.98 Å². The van der Waals surface area contributed by atoms with Crippen molar-refractivity contribution in [1.29, 1.82) is 0 Å². The minimum absolute atomic E-state index is 0.101. The first-order valence-corrected chi connectivity index (χ1v) is 12.9. The molecule has 2 aromatic heterocycles. The van der Waals surface area contributed by atoms with Gasteiger partial charge >= 0.3 is 0 Å². The first-order valence-electron chi connectivity index (χ1n) is 12.9. The van der Waals surface area contributed by atoms with E-state index in [4.69, 9.17) is 14.5 Å². The number of benzene rings is 2. The number of quaternary nitrogens is 1.